The topological polar surface area (TPSA) is 48.4 Å². The first-order valence-corrected chi connectivity index (χ1v) is 6.15. The predicted molar refractivity (Wildman–Crippen MR) is 68.2 cm³/mol. The minimum absolute atomic E-state index is 0.192. The minimum Gasteiger partial charge on any atom is -0.395 e. The van der Waals surface area contributed by atoms with Gasteiger partial charge >= 0.3 is 0 Å². The third kappa shape index (κ3) is 1.64. The number of hydrogen-bond acceptors (Lipinski definition) is 3. The molecule has 16 heavy (non-hydrogen) atoms. The zero-order chi connectivity index (χ0) is 11.0. The van der Waals surface area contributed by atoms with Crippen LogP contribution in [0.4, 0.5) is 0 Å². The van der Waals surface area contributed by atoms with Crippen molar-refractivity contribution >= 4 is 27.7 Å². The fraction of sp³-hybridized carbons (Fsp3) is 0.250. The highest BCUT2D eigenvalue weighted by Crippen LogP contribution is 2.26. The van der Waals surface area contributed by atoms with E-state index in [2.05, 4.69) is 28.2 Å². The molecule has 1 atom stereocenters. The summed E-state index contributed by atoms with van der Waals surface area (Å²) < 4.78 is 0. The number of nitrogens with zero attached hydrogens (tertiary/aromatic N) is 1. The molecule has 1 unspecified atom stereocenters. The fourth-order valence-electron chi connectivity index (χ4n) is 1.85. The quantitative estimate of drug-likeness (QED) is 0.832. The van der Waals surface area contributed by atoms with Gasteiger partial charge in [-0.15, -0.1) is 0 Å². The molecule has 4 heteroatoms. The average molecular weight is 232 g/mol. The Hall–Kier alpha value is -1.26. The maximum atomic E-state index is 9.07. The molecule has 0 spiro atoms. The van der Waals surface area contributed by atoms with Gasteiger partial charge in [0.15, 0.2) is 0 Å². The van der Waals surface area contributed by atoms with E-state index >= 15 is 0 Å². The van der Waals surface area contributed by atoms with Crippen molar-refractivity contribution in [2.75, 3.05) is 13.2 Å². The number of aliphatic imine (C=N–C) groups is 1. The predicted octanol–water partition coefficient (Wildman–Crippen LogP) is 2.02. The third-order valence-electron chi connectivity index (χ3n) is 2.68. The van der Waals surface area contributed by atoms with E-state index in [1.54, 1.807) is 11.8 Å². The summed E-state index contributed by atoms with van der Waals surface area (Å²) in [5.41, 5.74) is 2.19. The number of aliphatic hydroxyl groups excluding tert-OH is 1. The minimum atomic E-state index is 0.192. The Balaban J connectivity index is 1.95. The van der Waals surface area contributed by atoms with Gasteiger partial charge in [0, 0.05) is 10.9 Å². The van der Waals surface area contributed by atoms with Crippen molar-refractivity contribution in [3.8, 4) is 0 Å². The number of fused-ring (bicyclic) bond motifs is 1. The second kappa shape index (κ2) is 3.96. The van der Waals surface area contributed by atoms with E-state index in [-0.39, 0.29) is 11.9 Å². The van der Waals surface area contributed by atoms with Crippen LogP contribution in [0, 0.1) is 0 Å². The molecule has 1 aliphatic heterocycles. The van der Waals surface area contributed by atoms with Crippen molar-refractivity contribution in [3.05, 3.63) is 36.0 Å². The lowest BCUT2D eigenvalue weighted by Crippen LogP contribution is -2.08. The summed E-state index contributed by atoms with van der Waals surface area (Å²) in [6.07, 6.45) is 0. The van der Waals surface area contributed by atoms with Crippen molar-refractivity contribution in [1.29, 1.82) is 0 Å². The summed E-state index contributed by atoms with van der Waals surface area (Å²) >= 11 is 1.65. The monoisotopic (exact) mass is 232 g/mol. The van der Waals surface area contributed by atoms with Gasteiger partial charge in [-0.05, 0) is 12.1 Å². The lowest BCUT2D eigenvalue weighted by atomic mass is 10.2. The summed E-state index contributed by atoms with van der Waals surface area (Å²) in [4.78, 5) is 7.79. The zero-order valence-corrected chi connectivity index (χ0v) is 9.50. The Labute approximate surface area is 97.6 Å². The Morgan fingerprint density at radius 3 is 3.06 bits per heavy atom. The number of rotatable bonds is 2. The van der Waals surface area contributed by atoms with Crippen molar-refractivity contribution in [2.45, 2.75) is 5.25 Å². The Kier molecular flexibility index (Phi) is 2.46. The lowest BCUT2D eigenvalue weighted by Gasteiger charge is -2.01. The van der Waals surface area contributed by atoms with Crippen LogP contribution >= 0.6 is 11.8 Å². The van der Waals surface area contributed by atoms with Crippen LogP contribution in [-0.2, 0) is 0 Å². The van der Waals surface area contributed by atoms with E-state index in [4.69, 9.17) is 5.11 Å². The first-order valence-electron chi connectivity index (χ1n) is 5.27. The van der Waals surface area contributed by atoms with E-state index in [9.17, 15) is 0 Å². The smallest absolute Gasteiger partial charge is 0.114 e. The highest BCUT2D eigenvalue weighted by Gasteiger charge is 2.20. The van der Waals surface area contributed by atoms with E-state index in [0.29, 0.717) is 6.54 Å². The molecule has 0 saturated carbocycles. The van der Waals surface area contributed by atoms with Crippen LogP contribution in [0.5, 0.6) is 0 Å². The van der Waals surface area contributed by atoms with Gasteiger partial charge in [0.2, 0.25) is 0 Å². The van der Waals surface area contributed by atoms with Crippen LogP contribution in [0.2, 0.25) is 0 Å². The Morgan fingerprint density at radius 2 is 2.31 bits per heavy atom. The van der Waals surface area contributed by atoms with E-state index < -0.39 is 0 Å². The largest absolute Gasteiger partial charge is 0.395 e. The molecule has 2 aromatic rings. The van der Waals surface area contributed by atoms with Crippen molar-refractivity contribution in [3.63, 3.8) is 0 Å². The van der Waals surface area contributed by atoms with Crippen LogP contribution in [0.3, 0.4) is 0 Å². The van der Waals surface area contributed by atoms with Gasteiger partial charge in [0.05, 0.1) is 24.1 Å². The molecule has 0 bridgehead atoms. The molecule has 82 valence electrons. The van der Waals surface area contributed by atoms with Crippen LogP contribution in [0.25, 0.3) is 10.9 Å². The van der Waals surface area contributed by atoms with Crippen molar-refractivity contribution < 1.29 is 5.11 Å². The zero-order valence-electron chi connectivity index (χ0n) is 8.68. The van der Waals surface area contributed by atoms with Gasteiger partial charge in [0.1, 0.15) is 5.04 Å². The summed E-state index contributed by atoms with van der Waals surface area (Å²) in [6, 6.07) is 10.3. The maximum absolute atomic E-state index is 9.07. The molecular weight excluding hydrogens is 220 g/mol. The number of para-hydroxylation sites is 1. The number of benzene rings is 1. The standard InChI is InChI=1S/C12H12N2OS/c15-7-9-6-13-12(16-9)11-5-8-3-1-2-4-10(8)14-11/h1-5,9,14-15H,6-7H2. The van der Waals surface area contributed by atoms with Gasteiger partial charge < -0.3 is 10.1 Å². The van der Waals surface area contributed by atoms with Crippen LogP contribution < -0.4 is 0 Å². The molecule has 0 saturated heterocycles. The molecular formula is C12H12N2OS. The van der Waals surface area contributed by atoms with Gasteiger partial charge in [0.25, 0.3) is 0 Å². The second-order valence-electron chi connectivity index (χ2n) is 3.84. The average Bonchev–Trinajstić information content (AvgIpc) is 2.95. The molecule has 2 heterocycles. The van der Waals surface area contributed by atoms with Crippen molar-refractivity contribution in [2.24, 2.45) is 4.99 Å². The van der Waals surface area contributed by atoms with Crippen LogP contribution in [0.15, 0.2) is 35.3 Å². The first kappa shape index (κ1) is 9.93. The second-order valence-corrected chi connectivity index (χ2v) is 5.13. The SMILES string of the molecule is OCC1CN=C(c2cc3ccccc3[nH]2)S1. The number of aromatic nitrogens is 1. The number of aromatic amines is 1. The van der Waals surface area contributed by atoms with E-state index in [1.165, 1.54) is 5.39 Å². The highest BCUT2D eigenvalue weighted by atomic mass is 32.2. The summed E-state index contributed by atoms with van der Waals surface area (Å²) in [7, 11) is 0. The molecule has 1 aliphatic rings. The first-order chi connectivity index (χ1) is 7.86. The van der Waals surface area contributed by atoms with Gasteiger partial charge in [-0.2, -0.15) is 0 Å². The molecule has 0 amide bonds. The molecule has 3 nitrogen and oxygen atoms in total. The number of hydrogen-bond donors (Lipinski definition) is 2. The Morgan fingerprint density at radius 1 is 1.44 bits per heavy atom. The summed E-state index contributed by atoms with van der Waals surface area (Å²) in [5.74, 6) is 0. The normalized spacial score (nSPS) is 20.3. The van der Waals surface area contributed by atoms with E-state index in [0.717, 1.165) is 16.3 Å². The summed E-state index contributed by atoms with van der Waals surface area (Å²) in [6.45, 7) is 0.907. The number of nitrogens with one attached hydrogen (secondary N) is 1. The van der Waals surface area contributed by atoms with Gasteiger partial charge in [-0.3, -0.25) is 4.99 Å². The molecule has 3 rings (SSSR count). The molecule has 1 aromatic heterocycles. The number of thioether (sulfide) groups is 1. The number of aliphatic hydroxyl groups is 1. The van der Waals surface area contributed by atoms with Crippen LogP contribution in [-0.4, -0.2) is 33.5 Å². The lowest BCUT2D eigenvalue weighted by molar-refractivity contribution is 0.297. The van der Waals surface area contributed by atoms with Crippen molar-refractivity contribution in [1.82, 2.24) is 4.98 Å². The molecule has 0 aliphatic carbocycles. The highest BCUT2D eigenvalue weighted by molar-refractivity contribution is 8.15. The van der Waals surface area contributed by atoms with Gasteiger partial charge in [-0.1, -0.05) is 30.0 Å². The van der Waals surface area contributed by atoms with E-state index in [1.807, 2.05) is 12.1 Å². The Bertz CT molecular complexity index is 514. The summed E-state index contributed by atoms with van der Waals surface area (Å²) in [5, 5.41) is 11.5. The molecule has 2 N–H and O–H groups in total. The van der Waals surface area contributed by atoms with Crippen LogP contribution in [0.1, 0.15) is 5.69 Å². The maximum Gasteiger partial charge on any atom is 0.114 e. The molecule has 1 aromatic carbocycles. The molecule has 0 fully saturated rings. The molecule has 0 radical (unpaired) electrons. The number of H-pyrrole nitrogens is 1. The van der Waals surface area contributed by atoms with Gasteiger partial charge in [-0.25, -0.2) is 0 Å². The third-order valence-corrected chi connectivity index (χ3v) is 3.88. The fourth-order valence-corrected chi connectivity index (χ4v) is 2.77.